The van der Waals surface area contributed by atoms with Crippen molar-refractivity contribution >= 4 is 5.91 Å². The summed E-state index contributed by atoms with van der Waals surface area (Å²) in [5, 5.41) is 0. The Morgan fingerprint density at radius 3 is 2.89 bits per heavy atom. The molecule has 0 spiro atoms. The Morgan fingerprint density at radius 2 is 2.32 bits per heavy atom. The van der Waals surface area contributed by atoms with Crippen molar-refractivity contribution in [2.24, 2.45) is 5.73 Å². The zero-order chi connectivity index (χ0) is 13.9. The average Bonchev–Trinajstić information content (AvgIpc) is 2.64. The molecule has 0 radical (unpaired) electrons. The molecule has 1 amide bonds. The smallest absolute Gasteiger partial charge is 0.223 e. The number of carbonyl (C=O) groups is 1. The summed E-state index contributed by atoms with van der Waals surface area (Å²) in [7, 11) is 0. The highest BCUT2D eigenvalue weighted by Gasteiger charge is 2.39. The maximum absolute atomic E-state index is 12.2. The third-order valence-electron chi connectivity index (χ3n) is 3.76. The summed E-state index contributed by atoms with van der Waals surface area (Å²) in [5.41, 5.74) is 6.91. The molecule has 0 saturated carbocycles. The van der Waals surface area contributed by atoms with Gasteiger partial charge in [0.05, 0.1) is 0 Å². The van der Waals surface area contributed by atoms with E-state index in [-0.39, 0.29) is 17.5 Å². The van der Waals surface area contributed by atoms with Crippen LogP contribution in [-0.4, -0.2) is 33.9 Å². The minimum atomic E-state index is -0.0957. The van der Waals surface area contributed by atoms with Gasteiger partial charge in [0.25, 0.3) is 0 Å². The van der Waals surface area contributed by atoms with Gasteiger partial charge in [-0.1, -0.05) is 6.07 Å². The van der Waals surface area contributed by atoms with Gasteiger partial charge in [0.15, 0.2) is 0 Å². The molecule has 1 atom stereocenters. The summed E-state index contributed by atoms with van der Waals surface area (Å²) < 4.78 is 0. The summed E-state index contributed by atoms with van der Waals surface area (Å²) in [6.45, 7) is 4.88. The molecular formula is C15H23N3O. The minimum absolute atomic E-state index is 0.0957. The minimum Gasteiger partial charge on any atom is -0.336 e. The van der Waals surface area contributed by atoms with Crippen molar-refractivity contribution in [3.05, 3.63) is 30.1 Å². The van der Waals surface area contributed by atoms with Crippen LogP contribution in [0.15, 0.2) is 24.4 Å². The van der Waals surface area contributed by atoms with E-state index in [9.17, 15) is 4.79 Å². The third kappa shape index (κ3) is 3.53. The highest BCUT2D eigenvalue weighted by atomic mass is 16.2. The van der Waals surface area contributed by atoms with Crippen LogP contribution in [0, 0.1) is 0 Å². The monoisotopic (exact) mass is 261 g/mol. The number of pyridine rings is 1. The molecule has 1 fully saturated rings. The fourth-order valence-corrected chi connectivity index (χ4v) is 2.84. The molecule has 1 aromatic heterocycles. The second kappa shape index (κ2) is 5.70. The molecule has 1 aliphatic heterocycles. The van der Waals surface area contributed by atoms with Crippen molar-refractivity contribution in [1.29, 1.82) is 0 Å². The van der Waals surface area contributed by atoms with Crippen LogP contribution in [0.4, 0.5) is 0 Å². The van der Waals surface area contributed by atoms with E-state index < -0.39 is 0 Å². The van der Waals surface area contributed by atoms with Gasteiger partial charge in [0.1, 0.15) is 0 Å². The number of nitrogens with two attached hydrogens (primary N) is 1. The van der Waals surface area contributed by atoms with Crippen LogP contribution in [0.5, 0.6) is 0 Å². The zero-order valence-electron chi connectivity index (χ0n) is 11.8. The summed E-state index contributed by atoms with van der Waals surface area (Å²) in [5.74, 6) is 0.217. The largest absolute Gasteiger partial charge is 0.336 e. The number of rotatable bonds is 4. The fraction of sp³-hybridized carbons (Fsp3) is 0.600. The van der Waals surface area contributed by atoms with E-state index in [0.717, 1.165) is 25.0 Å². The number of hydrogen-bond acceptors (Lipinski definition) is 3. The zero-order valence-corrected chi connectivity index (χ0v) is 11.8. The Hall–Kier alpha value is -1.42. The Labute approximate surface area is 115 Å². The van der Waals surface area contributed by atoms with Gasteiger partial charge in [-0.25, -0.2) is 0 Å². The molecule has 1 aromatic rings. The fourth-order valence-electron chi connectivity index (χ4n) is 2.84. The number of aryl methyl sites for hydroxylation is 1. The first-order valence-corrected chi connectivity index (χ1v) is 6.95. The molecule has 1 unspecified atom stereocenters. The van der Waals surface area contributed by atoms with Gasteiger partial charge in [-0.05, 0) is 45.2 Å². The second-order valence-corrected chi connectivity index (χ2v) is 5.96. The number of amides is 1. The van der Waals surface area contributed by atoms with Crippen molar-refractivity contribution < 1.29 is 4.79 Å². The summed E-state index contributed by atoms with van der Waals surface area (Å²) in [4.78, 5) is 18.5. The molecule has 104 valence electrons. The molecule has 2 heterocycles. The van der Waals surface area contributed by atoms with Crippen LogP contribution in [0.2, 0.25) is 0 Å². The molecule has 4 nitrogen and oxygen atoms in total. The first-order valence-electron chi connectivity index (χ1n) is 6.95. The average molecular weight is 261 g/mol. The molecule has 2 rings (SSSR count). The number of aromatic nitrogens is 1. The molecule has 0 aliphatic carbocycles. The SMILES string of the molecule is CC1(C)CC(N)CN1C(=O)CCCc1ccccn1. The van der Waals surface area contributed by atoms with Crippen molar-refractivity contribution in [1.82, 2.24) is 9.88 Å². The van der Waals surface area contributed by atoms with Gasteiger partial charge in [-0.3, -0.25) is 9.78 Å². The molecule has 1 aliphatic rings. The van der Waals surface area contributed by atoms with Crippen LogP contribution in [0.3, 0.4) is 0 Å². The number of hydrogen-bond donors (Lipinski definition) is 1. The van der Waals surface area contributed by atoms with E-state index in [1.54, 1.807) is 6.20 Å². The highest BCUT2D eigenvalue weighted by Crippen LogP contribution is 2.28. The lowest BCUT2D eigenvalue weighted by Gasteiger charge is -2.31. The van der Waals surface area contributed by atoms with Crippen molar-refractivity contribution in [3.63, 3.8) is 0 Å². The molecule has 19 heavy (non-hydrogen) atoms. The molecule has 4 heteroatoms. The van der Waals surface area contributed by atoms with Gasteiger partial charge in [0.2, 0.25) is 5.91 Å². The molecule has 0 bridgehead atoms. The lowest BCUT2D eigenvalue weighted by Crippen LogP contribution is -2.42. The van der Waals surface area contributed by atoms with Crippen molar-refractivity contribution in [3.8, 4) is 0 Å². The van der Waals surface area contributed by atoms with Crippen LogP contribution in [0.1, 0.15) is 38.8 Å². The van der Waals surface area contributed by atoms with Gasteiger partial charge < -0.3 is 10.6 Å². The topological polar surface area (TPSA) is 59.2 Å². The van der Waals surface area contributed by atoms with Gasteiger partial charge >= 0.3 is 0 Å². The Kier molecular flexibility index (Phi) is 4.20. The van der Waals surface area contributed by atoms with Gasteiger partial charge in [-0.2, -0.15) is 0 Å². The predicted octanol–water partition coefficient (Wildman–Crippen LogP) is 1.74. The summed E-state index contributed by atoms with van der Waals surface area (Å²) in [6.07, 6.45) is 4.95. The van der Waals surface area contributed by atoms with Gasteiger partial charge in [0, 0.05) is 36.4 Å². The van der Waals surface area contributed by atoms with Crippen LogP contribution >= 0.6 is 0 Å². The summed E-state index contributed by atoms with van der Waals surface area (Å²) >= 11 is 0. The lowest BCUT2D eigenvalue weighted by atomic mass is 10.00. The van der Waals surface area contributed by atoms with E-state index in [1.165, 1.54) is 0 Å². The Bertz CT molecular complexity index is 430. The first-order chi connectivity index (χ1) is 8.99. The van der Waals surface area contributed by atoms with Crippen LogP contribution < -0.4 is 5.73 Å². The van der Waals surface area contributed by atoms with Crippen molar-refractivity contribution in [2.45, 2.75) is 51.1 Å². The number of nitrogens with zero attached hydrogens (tertiary/aromatic N) is 2. The third-order valence-corrected chi connectivity index (χ3v) is 3.76. The second-order valence-electron chi connectivity index (χ2n) is 5.96. The van der Waals surface area contributed by atoms with E-state index in [2.05, 4.69) is 18.8 Å². The van der Waals surface area contributed by atoms with Gasteiger partial charge in [-0.15, -0.1) is 0 Å². The molecular weight excluding hydrogens is 238 g/mol. The van der Waals surface area contributed by atoms with Crippen LogP contribution in [-0.2, 0) is 11.2 Å². The van der Waals surface area contributed by atoms with E-state index in [4.69, 9.17) is 5.73 Å². The van der Waals surface area contributed by atoms with E-state index >= 15 is 0 Å². The number of likely N-dealkylation sites (tertiary alicyclic amines) is 1. The maximum Gasteiger partial charge on any atom is 0.223 e. The Morgan fingerprint density at radius 1 is 1.53 bits per heavy atom. The Balaban J connectivity index is 1.82. The number of carbonyl (C=O) groups excluding carboxylic acids is 1. The standard InChI is InChI=1S/C15H23N3O/c1-15(2)10-12(16)11-18(15)14(19)8-5-7-13-6-3-4-9-17-13/h3-4,6,9,12H,5,7-8,10-11,16H2,1-2H3. The predicted molar refractivity (Wildman–Crippen MR) is 75.6 cm³/mol. The van der Waals surface area contributed by atoms with E-state index in [0.29, 0.717) is 13.0 Å². The molecule has 2 N–H and O–H groups in total. The van der Waals surface area contributed by atoms with Crippen molar-refractivity contribution in [2.75, 3.05) is 6.54 Å². The quantitative estimate of drug-likeness (QED) is 0.898. The lowest BCUT2D eigenvalue weighted by molar-refractivity contribution is -0.134. The molecule has 0 aromatic carbocycles. The first kappa shape index (κ1) is 14.0. The maximum atomic E-state index is 12.2. The molecule has 1 saturated heterocycles. The highest BCUT2D eigenvalue weighted by molar-refractivity contribution is 5.77. The van der Waals surface area contributed by atoms with E-state index in [1.807, 2.05) is 23.1 Å². The van der Waals surface area contributed by atoms with Crippen LogP contribution in [0.25, 0.3) is 0 Å². The normalized spacial score (nSPS) is 21.6. The summed E-state index contributed by atoms with van der Waals surface area (Å²) in [6, 6.07) is 6.00.